The molecule has 0 atom stereocenters. The Hall–Kier alpha value is -2.54. The van der Waals surface area contributed by atoms with Crippen LogP contribution < -0.4 is 4.90 Å². The third kappa shape index (κ3) is 2.87. The fourth-order valence-electron chi connectivity index (χ4n) is 3.06. The SMILES string of the molecule is Cc1cc(N2CCN(Cc3cccnc3)CC2)c2nncn2n1. The highest BCUT2D eigenvalue weighted by Gasteiger charge is 2.20. The zero-order chi connectivity index (χ0) is 15.6. The Balaban J connectivity index is 1.47. The van der Waals surface area contributed by atoms with E-state index in [1.54, 1.807) is 10.8 Å². The number of piperazine rings is 1. The van der Waals surface area contributed by atoms with E-state index in [0.29, 0.717) is 0 Å². The van der Waals surface area contributed by atoms with Crippen molar-refractivity contribution in [1.82, 2.24) is 29.7 Å². The molecule has 0 aliphatic carbocycles. The van der Waals surface area contributed by atoms with Gasteiger partial charge in [-0.25, -0.2) is 0 Å². The second kappa shape index (κ2) is 5.92. The molecule has 118 valence electrons. The monoisotopic (exact) mass is 309 g/mol. The van der Waals surface area contributed by atoms with Gasteiger partial charge in [-0.1, -0.05) is 6.07 Å². The molecule has 4 heterocycles. The number of hydrogen-bond donors (Lipinski definition) is 0. The van der Waals surface area contributed by atoms with Crippen molar-refractivity contribution in [2.75, 3.05) is 31.1 Å². The fourth-order valence-corrected chi connectivity index (χ4v) is 3.06. The summed E-state index contributed by atoms with van der Waals surface area (Å²) in [5, 5.41) is 12.6. The summed E-state index contributed by atoms with van der Waals surface area (Å²) in [7, 11) is 0. The molecule has 0 amide bonds. The lowest BCUT2D eigenvalue weighted by Crippen LogP contribution is -2.46. The number of anilines is 1. The summed E-state index contributed by atoms with van der Waals surface area (Å²) in [6.45, 7) is 6.96. The molecule has 0 bridgehead atoms. The highest BCUT2D eigenvalue weighted by molar-refractivity contribution is 5.68. The standard InChI is InChI=1S/C16H19N7/c1-13-9-15(16-19-18-12-23(16)20-13)22-7-5-21(6-8-22)11-14-3-2-4-17-10-14/h2-4,9-10,12H,5-8,11H2,1H3. The molecule has 1 aliphatic heterocycles. The smallest absolute Gasteiger partial charge is 0.200 e. The van der Waals surface area contributed by atoms with Crippen LogP contribution in [0.4, 0.5) is 5.69 Å². The molecule has 23 heavy (non-hydrogen) atoms. The minimum atomic E-state index is 0.830. The van der Waals surface area contributed by atoms with Gasteiger partial charge in [-0.3, -0.25) is 9.88 Å². The largest absolute Gasteiger partial charge is 0.366 e. The van der Waals surface area contributed by atoms with E-state index in [9.17, 15) is 0 Å². The van der Waals surface area contributed by atoms with Crippen molar-refractivity contribution in [3.63, 3.8) is 0 Å². The molecule has 0 N–H and O–H groups in total. The summed E-state index contributed by atoms with van der Waals surface area (Å²) in [6.07, 6.45) is 5.42. The summed E-state index contributed by atoms with van der Waals surface area (Å²) in [4.78, 5) is 9.02. The topological polar surface area (TPSA) is 62.5 Å². The summed E-state index contributed by atoms with van der Waals surface area (Å²) < 4.78 is 1.76. The molecule has 4 rings (SSSR count). The molecule has 0 saturated carbocycles. The van der Waals surface area contributed by atoms with Crippen LogP contribution in [0.3, 0.4) is 0 Å². The van der Waals surface area contributed by atoms with Crippen molar-refractivity contribution >= 4 is 11.3 Å². The molecule has 0 spiro atoms. The van der Waals surface area contributed by atoms with Gasteiger partial charge >= 0.3 is 0 Å². The number of aromatic nitrogens is 5. The average Bonchev–Trinajstić information content (AvgIpc) is 3.04. The van der Waals surface area contributed by atoms with Crippen molar-refractivity contribution in [2.24, 2.45) is 0 Å². The van der Waals surface area contributed by atoms with E-state index in [2.05, 4.69) is 42.2 Å². The lowest BCUT2D eigenvalue weighted by atomic mass is 10.2. The van der Waals surface area contributed by atoms with Crippen molar-refractivity contribution in [3.8, 4) is 0 Å². The Kier molecular flexibility index (Phi) is 3.63. The van der Waals surface area contributed by atoms with Crippen molar-refractivity contribution in [3.05, 3.63) is 48.2 Å². The van der Waals surface area contributed by atoms with Gasteiger partial charge in [0.1, 0.15) is 6.33 Å². The maximum atomic E-state index is 4.41. The van der Waals surface area contributed by atoms with Crippen LogP contribution in [0, 0.1) is 6.92 Å². The molecule has 0 unspecified atom stereocenters. The van der Waals surface area contributed by atoms with Gasteiger partial charge in [0.25, 0.3) is 0 Å². The van der Waals surface area contributed by atoms with E-state index in [0.717, 1.165) is 49.8 Å². The van der Waals surface area contributed by atoms with Crippen LogP contribution in [0.25, 0.3) is 5.65 Å². The second-order valence-corrected chi connectivity index (χ2v) is 5.89. The molecule has 3 aromatic rings. The maximum Gasteiger partial charge on any atom is 0.200 e. The Morgan fingerprint density at radius 1 is 1.17 bits per heavy atom. The summed E-state index contributed by atoms with van der Waals surface area (Å²) in [6, 6.07) is 6.22. The van der Waals surface area contributed by atoms with Crippen LogP contribution in [0.15, 0.2) is 36.9 Å². The quantitative estimate of drug-likeness (QED) is 0.723. The summed E-state index contributed by atoms with van der Waals surface area (Å²) in [5.74, 6) is 0. The van der Waals surface area contributed by atoms with Gasteiger partial charge in [0.05, 0.1) is 11.4 Å². The number of rotatable bonds is 3. The van der Waals surface area contributed by atoms with Gasteiger partial charge in [0.15, 0.2) is 0 Å². The highest BCUT2D eigenvalue weighted by Crippen LogP contribution is 2.22. The lowest BCUT2D eigenvalue weighted by molar-refractivity contribution is 0.249. The minimum absolute atomic E-state index is 0.830. The van der Waals surface area contributed by atoms with E-state index >= 15 is 0 Å². The molecule has 7 heteroatoms. The molecule has 3 aromatic heterocycles. The Morgan fingerprint density at radius 3 is 2.83 bits per heavy atom. The zero-order valence-electron chi connectivity index (χ0n) is 13.1. The van der Waals surface area contributed by atoms with Gasteiger partial charge in [-0.2, -0.15) is 9.61 Å². The van der Waals surface area contributed by atoms with Crippen LogP contribution in [0.1, 0.15) is 11.3 Å². The third-order valence-corrected chi connectivity index (χ3v) is 4.21. The lowest BCUT2D eigenvalue weighted by Gasteiger charge is -2.36. The first kappa shape index (κ1) is 14.1. The number of aryl methyl sites for hydroxylation is 1. The van der Waals surface area contributed by atoms with Crippen molar-refractivity contribution in [2.45, 2.75) is 13.5 Å². The summed E-state index contributed by atoms with van der Waals surface area (Å²) >= 11 is 0. The van der Waals surface area contributed by atoms with Crippen molar-refractivity contribution in [1.29, 1.82) is 0 Å². The van der Waals surface area contributed by atoms with Gasteiger partial charge < -0.3 is 4.90 Å². The first-order chi connectivity index (χ1) is 11.3. The zero-order valence-corrected chi connectivity index (χ0v) is 13.1. The number of nitrogens with zero attached hydrogens (tertiary/aromatic N) is 7. The van der Waals surface area contributed by atoms with E-state index in [4.69, 9.17) is 0 Å². The Labute approximate surface area is 134 Å². The first-order valence-corrected chi connectivity index (χ1v) is 7.83. The summed E-state index contributed by atoms with van der Waals surface area (Å²) in [5.41, 5.74) is 4.19. The van der Waals surface area contributed by atoms with Gasteiger partial charge in [-0.05, 0) is 24.6 Å². The predicted molar refractivity (Wildman–Crippen MR) is 87.2 cm³/mol. The first-order valence-electron chi connectivity index (χ1n) is 7.83. The van der Waals surface area contributed by atoms with E-state index in [1.807, 2.05) is 25.4 Å². The molecule has 1 saturated heterocycles. The molecule has 1 aliphatic rings. The number of pyridine rings is 1. The third-order valence-electron chi connectivity index (χ3n) is 4.21. The minimum Gasteiger partial charge on any atom is -0.366 e. The van der Waals surface area contributed by atoms with Crippen LogP contribution in [-0.2, 0) is 6.54 Å². The Morgan fingerprint density at radius 2 is 2.04 bits per heavy atom. The normalized spacial score (nSPS) is 16.1. The molecular weight excluding hydrogens is 290 g/mol. The van der Waals surface area contributed by atoms with Crippen LogP contribution in [0.2, 0.25) is 0 Å². The van der Waals surface area contributed by atoms with Gasteiger partial charge in [0, 0.05) is 45.1 Å². The maximum absolute atomic E-state index is 4.41. The van der Waals surface area contributed by atoms with Crippen molar-refractivity contribution < 1.29 is 0 Å². The molecule has 0 radical (unpaired) electrons. The molecule has 7 nitrogen and oxygen atoms in total. The van der Waals surface area contributed by atoms with E-state index in [1.165, 1.54) is 5.56 Å². The second-order valence-electron chi connectivity index (χ2n) is 5.89. The number of fused-ring (bicyclic) bond motifs is 1. The molecular formula is C16H19N7. The highest BCUT2D eigenvalue weighted by atomic mass is 15.4. The van der Waals surface area contributed by atoms with E-state index in [-0.39, 0.29) is 0 Å². The van der Waals surface area contributed by atoms with Crippen LogP contribution >= 0.6 is 0 Å². The number of hydrogen-bond acceptors (Lipinski definition) is 6. The predicted octanol–water partition coefficient (Wildman–Crippen LogP) is 1.15. The van der Waals surface area contributed by atoms with Gasteiger partial charge in [0.2, 0.25) is 5.65 Å². The Bertz CT molecular complexity index is 791. The van der Waals surface area contributed by atoms with Crippen LogP contribution in [-0.4, -0.2) is 55.9 Å². The molecule has 1 fully saturated rings. The average molecular weight is 309 g/mol. The van der Waals surface area contributed by atoms with E-state index < -0.39 is 0 Å². The molecule has 0 aromatic carbocycles. The van der Waals surface area contributed by atoms with Gasteiger partial charge in [-0.15, -0.1) is 10.2 Å². The fraction of sp³-hybridized carbons (Fsp3) is 0.375. The van der Waals surface area contributed by atoms with Crippen LogP contribution in [0.5, 0.6) is 0 Å².